The first-order chi connectivity index (χ1) is 8.38. The molecule has 0 unspecified atom stereocenters. The molecule has 90 valence electrons. The van der Waals surface area contributed by atoms with Crippen LogP contribution in [0.1, 0.15) is 31.2 Å². The van der Waals surface area contributed by atoms with E-state index in [0.29, 0.717) is 0 Å². The van der Waals surface area contributed by atoms with Crippen LogP contribution in [0.4, 0.5) is 0 Å². The molecule has 2 aliphatic heterocycles. The van der Waals surface area contributed by atoms with E-state index in [2.05, 4.69) is 24.3 Å². The summed E-state index contributed by atoms with van der Waals surface area (Å²) in [5.74, 6) is 1.12. The van der Waals surface area contributed by atoms with Crippen LogP contribution in [0, 0.1) is 0 Å². The van der Waals surface area contributed by atoms with E-state index in [-0.39, 0.29) is 5.72 Å². The van der Waals surface area contributed by atoms with Crippen LogP contribution in [-0.4, -0.2) is 23.1 Å². The number of hydrogen-bond acceptors (Lipinski definition) is 3. The van der Waals surface area contributed by atoms with Gasteiger partial charge in [0.15, 0.2) is 5.72 Å². The van der Waals surface area contributed by atoms with Gasteiger partial charge in [0, 0.05) is 24.3 Å². The van der Waals surface area contributed by atoms with Crippen molar-refractivity contribution in [2.75, 3.05) is 12.4 Å². The Morgan fingerprint density at radius 3 is 2.76 bits per heavy atom. The summed E-state index contributed by atoms with van der Waals surface area (Å²) < 4.78 is 5.96. The van der Waals surface area contributed by atoms with Crippen LogP contribution in [0.5, 0.6) is 0 Å². The molecule has 1 fully saturated rings. The molecule has 0 aliphatic carbocycles. The molecule has 3 rings (SSSR count). The summed E-state index contributed by atoms with van der Waals surface area (Å²) >= 11 is 1.85. The van der Waals surface area contributed by atoms with E-state index >= 15 is 0 Å². The maximum Gasteiger partial charge on any atom is 0.161 e. The SMILES string of the molecule is c1ccc(C2=N[C@]3(CCCCO3)CCS2)cc1. The van der Waals surface area contributed by atoms with Gasteiger partial charge in [0.25, 0.3) is 0 Å². The fraction of sp³-hybridized carbons (Fsp3) is 0.500. The molecule has 1 saturated heterocycles. The number of hydrogen-bond donors (Lipinski definition) is 0. The Morgan fingerprint density at radius 1 is 1.12 bits per heavy atom. The number of benzene rings is 1. The second kappa shape index (κ2) is 4.83. The Morgan fingerprint density at radius 2 is 2.00 bits per heavy atom. The first-order valence-electron chi connectivity index (χ1n) is 6.30. The number of nitrogens with zero attached hydrogens (tertiary/aromatic N) is 1. The van der Waals surface area contributed by atoms with Crippen LogP contribution in [0.3, 0.4) is 0 Å². The van der Waals surface area contributed by atoms with Gasteiger partial charge in [0.05, 0.1) is 0 Å². The maximum absolute atomic E-state index is 5.96. The van der Waals surface area contributed by atoms with Crippen molar-refractivity contribution in [1.82, 2.24) is 0 Å². The Balaban J connectivity index is 1.89. The fourth-order valence-electron chi connectivity index (χ4n) is 2.43. The molecule has 0 N–H and O–H groups in total. The zero-order valence-electron chi connectivity index (χ0n) is 9.89. The summed E-state index contributed by atoms with van der Waals surface area (Å²) in [7, 11) is 0. The topological polar surface area (TPSA) is 21.6 Å². The Hall–Kier alpha value is -0.800. The molecule has 0 aromatic heterocycles. The first kappa shape index (κ1) is 11.3. The average Bonchev–Trinajstić information content (AvgIpc) is 2.41. The van der Waals surface area contributed by atoms with E-state index in [1.807, 2.05) is 17.8 Å². The third-order valence-corrected chi connectivity index (χ3v) is 4.40. The van der Waals surface area contributed by atoms with E-state index in [1.165, 1.54) is 18.4 Å². The van der Waals surface area contributed by atoms with E-state index in [0.717, 1.165) is 30.2 Å². The van der Waals surface area contributed by atoms with Crippen LogP contribution in [0.2, 0.25) is 0 Å². The molecule has 17 heavy (non-hydrogen) atoms. The molecular weight excluding hydrogens is 230 g/mol. The highest BCUT2D eigenvalue weighted by Gasteiger charge is 2.35. The van der Waals surface area contributed by atoms with Crippen molar-refractivity contribution in [3.05, 3.63) is 35.9 Å². The third kappa shape index (κ3) is 2.40. The third-order valence-electron chi connectivity index (χ3n) is 3.39. The van der Waals surface area contributed by atoms with Gasteiger partial charge in [-0.25, -0.2) is 4.99 Å². The molecule has 0 radical (unpaired) electrons. The van der Waals surface area contributed by atoms with Crippen molar-refractivity contribution in [1.29, 1.82) is 0 Å². The Labute approximate surface area is 106 Å². The zero-order valence-corrected chi connectivity index (χ0v) is 10.7. The number of aliphatic imine (C=N–C) groups is 1. The van der Waals surface area contributed by atoms with Gasteiger partial charge in [0.2, 0.25) is 0 Å². The van der Waals surface area contributed by atoms with Crippen molar-refractivity contribution in [2.24, 2.45) is 4.99 Å². The molecule has 2 nitrogen and oxygen atoms in total. The minimum absolute atomic E-state index is 0.200. The normalized spacial score (nSPS) is 29.1. The van der Waals surface area contributed by atoms with Gasteiger partial charge in [-0.15, -0.1) is 11.8 Å². The molecule has 1 aromatic rings. The van der Waals surface area contributed by atoms with Crippen molar-refractivity contribution in [2.45, 2.75) is 31.4 Å². The zero-order chi connectivity index (χ0) is 11.6. The number of ether oxygens (including phenoxy) is 1. The molecule has 1 atom stereocenters. The first-order valence-corrected chi connectivity index (χ1v) is 7.29. The van der Waals surface area contributed by atoms with Gasteiger partial charge in [-0.05, 0) is 19.3 Å². The molecule has 0 bridgehead atoms. The Kier molecular flexibility index (Phi) is 3.21. The fourth-order valence-corrected chi connectivity index (χ4v) is 3.58. The smallest absolute Gasteiger partial charge is 0.161 e. The maximum atomic E-state index is 5.96. The summed E-state index contributed by atoms with van der Waals surface area (Å²) in [5, 5.41) is 1.15. The standard InChI is InChI=1S/C14H17NOS/c1-2-6-12(7-3-1)13-15-14(9-11-17-13)8-4-5-10-16-14/h1-3,6-7H,4-5,8-11H2/t14-/m0/s1. The molecule has 3 heteroatoms. The summed E-state index contributed by atoms with van der Waals surface area (Å²) in [6, 6.07) is 10.5. The van der Waals surface area contributed by atoms with Crippen LogP contribution >= 0.6 is 11.8 Å². The van der Waals surface area contributed by atoms with Crippen molar-refractivity contribution >= 4 is 16.8 Å². The minimum atomic E-state index is -0.200. The molecule has 0 amide bonds. The molecular formula is C14H17NOS. The summed E-state index contributed by atoms with van der Waals surface area (Å²) in [4.78, 5) is 4.90. The second-order valence-corrected chi connectivity index (χ2v) is 5.72. The number of rotatable bonds is 1. The highest BCUT2D eigenvalue weighted by molar-refractivity contribution is 8.14. The van der Waals surface area contributed by atoms with Crippen LogP contribution in [-0.2, 0) is 4.74 Å². The molecule has 0 saturated carbocycles. The average molecular weight is 247 g/mol. The molecule has 2 aliphatic rings. The lowest BCUT2D eigenvalue weighted by Gasteiger charge is -2.37. The molecule has 1 aromatic carbocycles. The van der Waals surface area contributed by atoms with Gasteiger partial charge in [-0.3, -0.25) is 0 Å². The van der Waals surface area contributed by atoms with E-state index in [1.54, 1.807) is 0 Å². The lowest BCUT2D eigenvalue weighted by molar-refractivity contribution is -0.0736. The summed E-state index contributed by atoms with van der Waals surface area (Å²) in [6.45, 7) is 0.871. The van der Waals surface area contributed by atoms with Gasteiger partial charge in [0.1, 0.15) is 5.04 Å². The Bertz CT molecular complexity index is 409. The van der Waals surface area contributed by atoms with E-state index in [4.69, 9.17) is 9.73 Å². The quantitative estimate of drug-likeness (QED) is 0.758. The van der Waals surface area contributed by atoms with Crippen molar-refractivity contribution in [3.63, 3.8) is 0 Å². The van der Waals surface area contributed by atoms with Crippen LogP contribution < -0.4 is 0 Å². The lowest BCUT2D eigenvalue weighted by atomic mass is 10.0. The lowest BCUT2D eigenvalue weighted by Crippen LogP contribution is -2.38. The monoisotopic (exact) mass is 247 g/mol. The van der Waals surface area contributed by atoms with Crippen molar-refractivity contribution in [3.8, 4) is 0 Å². The predicted octanol–water partition coefficient (Wildman–Crippen LogP) is 3.47. The van der Waals surface area contributed by atoms with Gasteiger partial charge < -0.3 is 4.74 Å². The highest BCUT2D eigenvalue weighted by atomic mass is 32.2. The minimum Gasteiger partial charge on any atom is -0.354 e. The van der Waals surface area contributed by atoms with E-state index < -0.39 is 0 Å². The largest absolute Gasteiger partial charge is 0.354 e. The van der Waals surface area contributed by atoms with Crippen molar-refractivity contribution < 1.29 is 4.74 Å². The summed E-state index contributed by atoms with van der Waals surface area (Å²) in [5.41, 5.74) is 1.03. The van der Waals surface area contributed by atoms with Gasteiger partial charge in [-0.1, -0.05) is 30.3 Å². The summed E-state index contributed by atoms with van der Waals surface area (Å²) in [6.07, 6.45) is 4.58. The second-order valence-electron chi connectivity index (χ2n) is 4.63. The predicted molar refractivity (Wildman–Crippen MR) is 72.6 cm³/mol. The molecule has 2 heterocycles. The van der Waals surface area contributed by atoms with Gasteiger partial charge in [-0.2, -0.15) is 0 Å². The highest BCUT2D eigenvalue weighted by Crippen LogP contribution is 2.36. The number of thioether (sulfide) groups is 1. The van der Waals surface area contributed by atoms with Crippen LogP contribution in [0.15, 0.2) is 35.3 Å². The van der Waals surface area contributed by atoms with Gasteiger partial charge >= 0.3 is 0 Å². The molecule has 1 spiro atoms. The van der Waals surface area contributed by atoms with E-state index in [9.17, 15) is 0 Å². The van der Waals surface area contributed by atoms with Crippen LogP contribution in [0.25, 0.3) is 0 Å².